The molecule has 0 aliphatic heterocycles. The fraction of sp³-hybridized carbons (Fsp3) is 0.545. The van der Waals surface area contributed by atoms with Crippen LogP contribution in [0.3, 0.4) is 0 Å². The lowest BCUT2D eigenvalue weighted by atomic mass is 10.3. The third-order valence-corrected chi connectivity index (χ3v) is 3.40. The lowest BCUT2D eigenvalue weighted by Gasteiger charge is -2.14. The van der Waals surface area contributed by atoms with Gasteiger partial charge in [0.15, 0.2) is 5.78 Å². The average Bonchev–Trinajstić information content (AvgIpc) is 2.76. The maximum atomic E-state index is 12.5. The van der Waals surface area contributed by atoms with Crippen molar-refractivity contribution in [2.24, 2.45) is 0 Å². The van der Waals surface area contributed by atoms with E-state index in [9.17, 15) is 22.4 Å². The number of carbonyl (C=O) groups excluding carboxylic acids is 1. The predicted octanol–water partition coefficient (Wildman–Crippen LogP) is 3.41. The van der Waals surface area contributed by atoms with Gasteiger partial charge in [0.05, 0.1) is 4.88 Å². The number of halogens is 4. The lowest BCUT2D eigenvalue weighted by Crippen LogP contribution is -2.33. The topological polar surface area (TPSA) is 26.3 Å². The summed E-state index contributed by atoms with van der Waals surface area (Å²) < 4.78 is 52.9. The van der Waals surface area contributed by atoms with Crippen LogP contribution in [0.4, 0.5) is 17.6 Å². The Bertz CT molecular complexity index is 404. The molecule has 1 aromatic heterocycles. The van der Waals surface area contributed by atoms with Crippen LogP contribution in [0.15, 0.2) is 12.1 Å². The highest BCUT2D eigenvalue weighted by Crippen LogP contribution is 2.23. The minimum Gasteiger partial charge on any atom is -0.367 e. The quantitative estimate of drug-likeness (QED) is 0.566. The Balaban J connectivity index is 2.42. The van der Waals surface area contributed by atoms with Crippen molar-refractivity contribution in [3.63, 3.8) is 0 Å². The van der Waals surface area contributed by atoms with Crippen LogP contribution in [0.25, 0.3) is 0 Å². The molecule has 0 aliphatic rings. The largest absolute Gasteiger partial charge is 0.367 e. The molecule has 102 valence electrons. The summed E-state index contributed by atoms with van der Waals surface area (Å²) in [4.78, 5) is 12.8. The SMILES string of the molecule is CCc1ccc(C(=O)COCC(F)(F)C(F)F)s1. The number of hydrogen-bond donors (Lipinski definition) is 0. The van der Waals surface area contributed by atoms with E-state index in [-0.39, 0.29) is 0 Å². The van der Waals surface area contributed by atoms with E-state index in [0.29, 0.717) is 4.88 Å². The van der Waals surface area contributed by atoms with Crippen molar-refractivity contribution in [2.75, 3.05) is 13.2 Å². The first-order valence-corrected chi connectivity index (χ1v) is 6.04. The Morgan fingerprint density at radius 3 is 2.61 bits per heavy atom. The van der Waals surface area contributed by atoms with Gasteiger partial charge in [-0.2, -0.15) is 8.78 Å². The molecule has 7 heteroatoms. The molecule has 2 nitrogen and oxygen atoms in total. The van der Waals surface area contributed by atoms with Gasteiger partial charge in [-0.15, -0.1) is 11.3 Å². The molecule has 1 heterocycles. The van der Waals surface area contributed by atoms with Crippen molar-refractivity contribution >= 4 is 17.1 Å². The highest BCUT2D eigenvalue weighted by molar-refractivity contribution is 7.14. The van der Waals surface area contributed by atoms with Crippen LogP contribution in [-0.2, 0) is 11.2 Å². The molecule has 0 fully saturated rings. The van der Waals surface area contributed by atoms with Crippen molar-refractivity contribution in [3.8, 4) is 0 Å². The number of aryl methyl sites for hydroxylation is 1. The first-order valence-electron chi connectivity index (χ1n) is 5.22. The molecule has 0 unspecified atom stereocenters. The molecule has 0 N–H and O–H groups in total. The van der Waals surface area contributed by atoms with Gasteiger partial charge in [-0.1, -0.05) is 6.92 Å². The summed E-state index contributed by atoms with van der Waals surface area (Å²) >= 11 is 1.24. The molecule has 0 radical (unpaired) electrons. The zero-order chi connectivity index (χ0) is 13.8. The van der Waals surface area contributed by atoms with Crippen LogP contribution in [0.1, 0.15) is 21.5 Å². The molecule has 0 bridgehead atoms. The van der Waals surface area contributed by atoms with Gasteiger partial charge >= 0.3 is 12.3 Å². The Morgan fingerprint density at radius 2 is 2.11 bits per heavy atom. The summed E-state index contributed by atoms with van der Waals surface area (Å²) in [5, 5.41) is 0. The van der Waals surface area contributed by atoms with E-state index in [0.717, 1.165) is 11.3 Å². The minimum absolute atomic E-state index is 0.382. The van der Waals surface area contributed by atoms with Crippen molar-refractivity contribution in [1.82, 2.24) is 0 Å². The van der Waals surface area contributed by atoms with Gasteiger partial charge in [0.1, 0.15) is 13.2 Å². The van der Waals surface area contributed by atoms with Crippen LogP contribution in [0, 0.1) is 0 Å². The Morgan fingerprint density at radius 1 is 1.44 bits per heavy atom. The Hall–Kier alpha value is -0.950. The zero-order valence-electron chi connectivity index (χ0n) is 9.59. The average molecular weight is 284 g/mol. The lowest BCUT2D eigenvalue weighted by molar-refractivity contribution is -0.163. The molecule has 1 aromatic rings. The number of ketones is 1. The van der Waals surface area contributed by atoms with Crippen molar-refractivity contribution in [1.29, 1.82) is 0 Å². The van der Waals surface area contributed by atoms with Gasteiger partial charge < -0.3 is 4.74 Å². The highest BCUT2D eigenvalue weighted by atomic mass is 32.1. The molecule has 1 rings (SSSR count). The van der Waals surface area contributed by atoms with Crippen LogP contribution < -0.4 is 0 Å². The normalized spacial score (nSPS) is 12.1. The first-order chi connectivity index (χ1) is 8.36. The number of alkyl halides is 4. The van der Waals surface area contributed by atoms with E-state index in [1.54, 1.807) is 12.1 Å². The van der Waals surface area contributed by atoms with Gasteiger partial charge in [-0.25, -0.2) is 8.78 Å². The van der Waals surface area contributed by atoms with Crippen LogP contribution in [0.2, 0.25) is 0 Å². The fourth-order valence-corrected chi connectivity index (χ4v) is 2.00. The maximum absolute atomic E-state index is 12.5. The number of Topliss-reactive ketones (excluding diaryl/α,β-unsaturated/α-hetero) is 1. The fourth-order valence-electron chi connectivity index (χ4n) is 1.13. The Labute approximate surface area is 106 Å². The van der Waals surface area contributed by atoms with Gasteiger partial charge in [0.2, 0.25) is 0 Å². The predicted molar refractivity (Wildman–Crippen MR) is 59.8 cm³/mol. The standard InChI is InChI=1S/C11H12F4O2S/c1-2-7-3-4-9(18-7)8(16)5-17-6-11(14,15)10(12)13/h3-4,10H,2,5-6H2,1H3. The van der Waals surface area contributed by atoms with Crippen molar-refractivity contribution < 1.29 is 27.1 Å². The second-order valence-corrected chi connectivity index (χ2v) is 4.77. The number of hydrogen-bond acceptors (Lipinski definition) is 3. The summed E-state index contributed by atoms with van der Waals surface area (Å²) in [5.41, 5.74) is 0. The highest BCUT2D eigenvalue weighted by Gasteiger charge is 2.41. The van der Waals surface area contributed by atoms with Crippen LogP contribution >= 0.6 is 11.3 Å². The van der Waals surface area contributed by atoms with Crippen molar-refractivity contribution in [3.05, 3.63) is 21.9 Å². The molecule has 0 amide bonds. The summed E-state index contributed by atoms with van der Waals surface area (Å²) in [5.74, 6) is -4.70. The molecule has 0 saturated carbocycles. The third kappa shape index (κ3) is 4.06. The molecule has 0 spiro atoms. The first kappa shape index (κ1) is 15.1. The number of rotatable bonds is 7. The maximum Gasteiger partial charge on any atom is 0.330 e. The van der Waals surface area contributed by atoms with E-state index in [1.165, 1.54) is 11.3 Å². The van der Waals surface area contributed by atoms with Crippen LogP contribution in [0.5, 0.6) is 0 Å². The molecular formula is C11H12F4O2S. The number of ether oxygens (including phenoxy) is 1. The van der Waals surface area contributed by atoms with Crippen molar-refractivity contribution in [2.45, 2.75) is 25.7 Å². The van der Waals surface area contributed by atoms with E-state index in [1.807, 2.05) is 6.92 Å². The van der Waals surface area contributed by atoms with E-state index < -0.39 is 31.3 Å². The van der Waals surface area contributed by atoms with Gasteiger partial charge in [-0.3, -0.25) is 4.79 Å². The monoisotopic (exact) mass is 284 g/mol. The second-order valence-electron chi connectivity index (χ2n) is 3.60. The molecule has 18 heavy (non-hydrogen) atoms. The van der Waals surface area contributed by atoms with Gasteiger partial charge in [0, 0.05) is 4.88 Å². The van der Waals surface area contributed by atoms with E-state index in [4.69, 9.17) is 0 Å². The summed E-state index contributed by atoms with van der Waals surface area (Å²) in [6, 6.07) is 3.33. The van der Waals surface area contributed by atoms with E-state index >= 15 is 0 Å². The molecule has 0 saturated heterocycles. The third-order valence-electron chi connectivity index (χ3n) is 2.13. The van der Waals surface area contributed by atoms with Gasteiger partial charge in [0.25, 0.3) is 0 Å². The van der Waals surface area contributed by atoms with Gasteiger partial charge in [-0.05, 0) is 18.6 Å². The molecule has 0 aromatic carbocycles. The molecule has 0 aliphatic carbocycles. The molecular weight excluding hydrogens is 272 g/mol. The zero-order valence-corrected chi connectivity index (χ0v) is 10.4. The second kappa shape index (κ2) is 6.29. The van der Waals surface area contributed by atoms with E-state index in [2.05, 4.69) is 4.74 Å². The summed E-state index contributed by atoms with van der Waals surface area (Å²) in [7, 11) is 0. The number of carbonyl (C=O) groups is 1. The minimum atomic E-state index is -4.22. The Kier molecular flexibility index (Phi) is 5.28. The number of thiophene rings is 1. The summed E-state index contributed by atoms with van der Waals surface area (Å²) in [6.07, 6.45) is -3.02. The molecule has 0 atom stereocenters. The smallest absolute Gasteiger partial charge is 0.330 e. The summed E-state index contributed by atoms with van der Waals surface area (Å²) in [6.45, 7) is -0.159. The van der Waals surface area contributed by atoms with Crippen LogP contribution in [-0.4, -0.2) is 31.3 Å².